The highest BCUT2D eigenvalue weighted by atomic mass is 32.2. The molecule has 0 atom stereocenters. The number of rotatable bonds is 4. The van der Waals surface area contributed by atoms with Crippen molar-refractivity contribution in [3.63, 3.8) is 0 Å². The zero-order chi connectivity index (χ0) is 18.8. The van der Waals surface area contributed by atoms with Crippen molar-refractivity contribution in [3.05, 3.63) is 46.8 Å². The summed E-state index contributed by atoms with van der Waals surface area (Å²) in [7, 11) is -4.13. The molecule has 0 bridgehead atoms. The number of carbonyl (C=O) groups excluding carboxylic acids is 1. The summed E-state index contributed by atoms with van der Waals surface area (Å²) in [5, 5.41) is 1.02. The van der Waals surface area contributed by atoms with Gasteiger partial charge in [0.1, 0.15) is 0 Å². The molecule has 0 aliphatic carbocycles. The Morgan fingerprint density at radius 2 is 1.76 bits per heavy atom. The van der Waals surface area contributed by atoms with E-state index >= 15 is 0 Å². The van der Waals surface area contributed by atoms with Crippen LogP contribution in [0.4, 0.5) is 5.69 Å². The topological polar surface area (TPSA) is 103 Å². The second kappa shape index (κ2) is 6.74. The Morgan fingerprint density at radius 3 is 2.32 bits per heavy atom. The number of hydrogen-bond acceptors (Lipinski definition) is 3. The molecule has 0 spiro atoms. The maximum Gasteiger partial charge on any atom is 0.264 e. The molecule has 0 unspecified atom stereocenters. The van der Waals surface area contributed by atoms with Crippen molar-refractivity contribution in [1.82, 2.24) is 0 Å². The third kappa shape index (κ3) is 3.60. The summed E-state index contributed by atoms with van der Waals surface area (Å²) in [6, 6.07) is 9.80. The first-order valence-electron chi connectivity index (χ1n) is 7.78. The molecular weight excluding hydrogens is 340 g/mol. The molecule has 0 aliphatic heterocycles. The highest BCUT2D eigenvalue weighted by Crippen LogP contribution is 2.33. The molecule has 1 amide bonds. The van der Waals surface area contributed by atoms with Crippen molar-refractivity contribution >= 4 is 32.4 Å². The summed E-state index contributed by atoms with van der Waals surface area (Å²) in [5.74, 6) is -0.0641. The van der Waals surface area contributed by atoms with Gasteiger partial charge in [-0.3, -0.25) is 4.79 Å². The number of fused-ring (bicyclic) bond motifs is 1. The lowest BCUT2D eigenvalue weighted by Crippen LogP contribution is -2.39. The molecular formula is C17H20N4O3S. The number of carbonyl (C=O) groups is 1. The van der Waals surface area contributed by atoms with E-state index < -0.39 is 15.4 Å². The van der Waals surface area contributed by atoms with Gasteiger partial charge in [0, 0.05) is 32.2 Å². The quantitative estimate of drug-likeness (QED) is 0.463. The Kier molecular flexibility index (Phi) is 5.06. The van der Waals surface area contributed by atoms with Crippen molar-refractivity contribution in [2.45, 2.75) is 32.6 Å². The van der Waals surface area contributed by atoms with Crippen LogP contribution in [-0.2, 0) is 14.8 Å². The third-order valence-electron chi connectivity index (χ3n) is 3.77. The molecule has 0 N–H and O–H groups in total. The minimum atomic E-state index is -4.13. The van der Waals surface area contributed by atoms with Gasteiger partial charge < -0.3 is 4.90 Å². The van der Waals surface area contributed by atoms with Crippen molar-refractivity contribution in [3.8, 4) is 0 Å². The molecule has 0 saturated carbocycles. The smallest absolute Gasteiger partial charge is 0.264 e. The first-order chi connectivity index (χ1) is 11.6. The first-order valence-corrected chi connectivity index (χ1v) is 9.22. The molecule has 0 aliphatic rings. The summed E-state index contributed by atoms with van der Waals surface area (Å²) in [4.78, 5) is 16.7. The van der Waals surface area contributed by atoms with E-state index in [1.165, 1.54) is 6.07 Å². The fourth-order valence-corrected chi connectivity index (χ4v) is 3.54. The first kappa shape index (κ1) is 18.8. The van der Waals surface area contributed by atoms with Gasteiger partial charge in [-0.1, -0.05) is 45.0 Å². The summed E-state index contributed by atoms with van der Waals surface area (Å²) < 4.78 is 27.3. The second-order valence-electron chi connectivity index (χ2n) is 6.57. The van der Waals surface area contributed by atoms with Gasteiger partial charge >= 0.3 is 0 Å². The average Bonchev–Trinajstić information content (AvgIpc) is 2.54. The molecule has 25 heavy (non-hydrogen) atoms. The number of benzene rings is 2. The summed E-state index contributed by atoms with van der Waals surface area (Å²) in [6.45, 7) is 7.81. The number of amides is 1. The third-order valence-corrected chi connectivity index (χ3v) is 4.97. The van der Waals surface area contributed by atoms with E-state index in [0.29, 0.717) is 23.0 Å². The Hall–Kier alpha value is -2.57. The van der Waals surface area contributed by atoms with E-state index in [2.05, 4.69) is 9.43 Å². The lowest BCUT2D eigenvalue weighted by Gasteiger charge is -2.29. The molecule has 2 aromatic carbocycles. The van der Waals surface area contributed by atoms with Crippen molar-refractivity contribution in [2.75, 3.05) is 11.4 Å². The molecule has 0 fully saturated rings. The van der Waals surface area contributed by atoms with Gasteiger partial charge in [0.25, 0.3) is 10.0 Å². The van der Waals surface area contributed by atoms with Crippen molar-refractivity contribution in [1.29, 1.82) is 0 Å². The lowest BCUT2D eigenvalue weighted by atomic mass is 9.94. The maximum absolute atomic E-state index is 12.8. The molecule has 0 aromatic heterocycles. The minimum Gasteiger partial charge on any atom is -0.312 e. The van der Waals surface area contributed by atoms with Crippen LogP contribution in [0.25, 0.3) is 21.2 Å². The Balaban J connectivity index is 2.77. The molecule has 0 heterocycles. The zero-order valence-electron chi connectivity index (χ0n) is 14.6. The summed E-state index contributed by atoms with van der Waals surface area (Å²) in [5.41, 5.74) is 8.55. The monoisotopic (exact) mass is 360 g/mol. The molecule has 132 valence electrons. The number of anilines is 1. The van der Waals surface area contributed by atoms with E-state index in [0.717, 1.165) is 0 Å². The fourth-order valence-electron chi connectivity index (χ4n) is 2.65. The molecule has 2 aromatic rings. The lowest BCUT2D eigenvalue weighted by molar-refractivity contribution is -0.125. The number of hydrogen-bond donors (Lipinski definition) is 0. The van der Waals surface area contributed by atoms with Crippen LogP contribution in [0.5, 0.6) is 0 Å². The van der Waals surface area contributed by atoms with Crippen LogP contribution in [0.3, 0.4) is 0 Å². The SMILES string of the molecule is CCN(C(=O)C(C)(C)C)c1cccc2c(S(=O)(=O)N=[N+]=[N-])cccc12. The van der Waals surface area contributed by atoms with E-state index in [4.69, 9.17) is 5.53 Å². The highest BCUT2D eigenvalue weighted by Gasteiger charge is 2.28. The highest BCUT2D eigenvalue weighted by molar-refractivity contribution is 7.90. The fraction of sp³-hybridized carbons (Fsp3) is 0.353. The number of sulfonamides is 1. The Bertz CT molecular complexity index is 971. The van der Waals surface area contributed by atoms with Crippen LogP contribution in [0, 0.1) is 5.41 Å². The summed E-state index contributed by atoms with van der Waals surface area (Å²) in [6.07, 6.45) is 0. The van der Waals surface area contributed by atoms with Crippen LogP contribution in [-0.4, -0.2) is 20.9 Å². The zero-order valence-corrected chi connectivity index (χ0v) is 15.4. The normalized spacial score (nSPS) is 11.8. The minimum absolute atomic E-state index is 0.0641. The van der Waals surface area contributed by atoms with E-state index in [1.807, 2.05) is 27.7 Å². The van der Waals surface area contributed by atoms with Crippen molar-refractivity contribution in [2.24, 2.45) is 9.93 Å². The van der Waals surface area contributed by atoms with Gasteiger partial charge in [0.05, 0.1) is 10.6 Å². The van der Waals surface area contributed by atoms with Crippen LogP contribution >= 0.6 is 0 Å². The van der Waals surface area contributed by atoms with Gasteiger partial charge in [-0.2, -0.15) is 0 Å². The molecule has 0 saturated heterocycles. The molecule has 2 rings (SSSR count). The van der Waals surface area contributed by atoms with E-state index in [9.17, 15) is 13.2 Å². The van der Waals surface area contributed by atoms with Gasteiger partial charge in [-0.25, -0.2) is 8.42 Å². The molecule has 0 radical (unpaired) electrons. The Morgan fingerprint density at radius 1 is 1.16 bits per heavy atom. The Labute approximate surface area is 146 Å². The number of azide groups is 1. The number of nitrogens with zero attached hydrogens (tertiary/aromatic N) is 4. The van der Waals surface area contributed by atoms with Crippen LogP contribution in [0.1, 0.15) is 27.7 Å². The van der Waals surface area contributed by atoms with E-state index in [-0.39, 0.29) is 10.8 Å². The van der Waals surface area contributed by atoms with E-state index in [1.54, 1.807) is 35.2 Å². The maximum atomic E-state index is 12.8. The second-order valence-corrected chi connectivity index (χ2v) is 8.13. The van der Waals surface area contributed by atoms with Crippen LogP contribution < -0.4 is 4.90 Å². The largest absolute Gasteiger partial charge is 0.312 e. The molecule has 8 heteroatoms. The van der Waals surface area contributed by atoms with Gasteiger partial charge in [0.15, 0.2) is 0 Å². The van der Waals surface area contributed by atoms with Gasteiger partial charge in [0.2, 0.25) is 5.91 Å². The van der Waals surface area contributed by atoms with Crippen LogP contribution in [0.15, 0.2) is 45.8 Å². The molecule has 7 nitrogen and oxygen atoms in total. The standard InChI is InChI=1S/C17H20N4O3S/c1-5-21(16(22)17(2,3)4)14-10-6-9-13-12(14)8-7-11-15(13)25(23,24)20-19-18/h6-11H,5H2,1-4H3. The van der Waals surface area contributed by atoms with Crippen molar-refractivity contribution < 1.29 is 13.2 Å². The summed E-state index contributed by atoms with van der Waals surface area (Å²) >= 11 is 0. The predicted octanol–water partition coefficient (Wildman–Crippen LogP) is 4.24. The van der Waals surface area contributed by atoms with Gasteiger partial charge in [-0.15, -0.1) is 0 Å². The van der Waals surface area contributed by atoms with Crippen LogP contribution in [0.2, 0.25) is 0 Å². The van der Waals surface area contributed by atoms with Gasteiger partial charge in [-0.05, 0) is 24.6 Å². The average molecular weight is 360 g/mol. The predicted molar refractivity (Wildman–Crippen MR) is 97.8 cm³/mol.